The van der Waals surface area contributed by atoms with Crippen LogP contribution in [-0.2, 0) is 11.2 Å². The van der Waals surface area contributed by atoms with Crippen LogP contribution in [0.1, 0.15) is 23.6 Å². The van der Waals surface area contributed by atoms with Gasteiger partial charge in [-0.2, -0.15) is 0 Å². The van der Waals surface area contributed by atoms with Gasteiger partial charge in [-0.1, -0.05) is 6.07 Å². The molecule has 0 saturated carbocycles. The summed E-state index contributed by atoms with van der Waals surface area (Å²) in [6, 6.07) is 5.72. The summed E-state index contributed by atoms with van der Waals surface area (Å²) >= 11 is 5.67. The lowest BCUT2D eigenvalue weighted by Crippen LogP contribution is -2.29. The van der Waals surface area contributed by atoms with E-state index in [4.69, 9.17) is 25.8 Å². The molecule has 1 aliphatic rings. The molecule has 0 aliphatic heterocycles. The third-order valence-electron chi connectivity index (χ3n) is 4.97. The second-order valence-electron chi connectivity index (χ2n) is 6.57. The molecule has 0 spiro atoms. The number of amides is 1. The van der Waals surface area contributed by atoms with Crippen molar-refractivity contribution in [3.8, 4) is 34.1 Å². The first-order chi connectivity index (χ1) is 13.9. The molecular formula is C21H22ClNO6. The summed E-state index contributed by atoms with van der Waals surface area (Å²) in [6.07, 6.45) is 1.10. The highest BCUT2D eigenvalue weighted by Gasteiger charge is 2.29. The summed E-state index contributed by atoms with van der Waals surface area (Å²) in [6.45, 7) is 0. The monoisotopic (exact) mass is 419 g/mol. The van der Waals surface area contributed by atoms with Crippen LogP contribution in [0.3, 0.4) is 0 Å². The fraction of sp³-hybridized carbons (Fsp3) is 0.333. The van der Waals surface area contributed by atoms with Gasteiger partial charge in [-0.25, -0.2) is 0 Å². The maximum atomic E-state index is 12.3. The molecule has 1 amide bonds. The van der Waals surface area contributed by atoms with Crippen LogP contribution in [-0.4, -0.2) is 38.2 Å². The summed E-state index contributed by atoms with van der Waals surface area (Å²) in [5.74, 6) is 0.450. The minimum absolute atomic E-state index is 0.196. The minimum atomic E-state index is -0.542. The first-order valence-corrected chi connectivity index (χ1v) is 9.53. The van der Waals surface area contributed by atoms with Gasteiger partial charge < -0.3 is 24.6 Å². The molecule has 0 saturated heterocycles. The molecule has 8 heteroatoms. The number of hydrogen-bond donors (Lipinski definition) is 2. The Morgan fingerprint density at radius 3 is 2.52 bits per heavy atom. The van der Waals surface area contributed by atoms with Gasteiger partial charge in [-0.05, 0) is 47.7 Å². The average Bonchev–Trinajstić information content (AvgIpc) is 2.96. The van der Waals surface area contributed by atoms with E-state index in [0.29, 0.717) is 41.2 Å². The van der Waals surface area contributed by atoms with Crippen molar-refractivity contribution in [2.24, 2.45) is 0 Å². The van der Waals surface area contributed by atoms with E-state index in [9.17, 15) is 14.7 Å². The Morgan fingerprint density at radius 1 is 1.17 bits per heavy atom. The van der Waals surface area contributed by atoms with Gasteiger partial charge in [0.15, 0.2) is 17.2 Å². The molecule has 2 N–H and O–H groups in total. The topological polar surface area (TPSA) is 94.1 Å². The van der Waals surface area contributed by atoms with Crippen LogP contribution < -0.4 is 25.0 Å². The van der Waals surface area contributed by atoms with Crippen molar-refractivity contribution in [3.05, 3.63) is 45.6 Å². The van der Waals surface area contributed by atoms with Crippen LogP contribution in [0.25, 0.3) is 11.1 Å². The van der Waals surface area contributed by atoms with Crippen LogP contribution in [0.2, 0.25) is 0 Å². The van der Waals surface area contributed by atoms with E-state index in [-0.39, 0.29) is 17.5 Å². The van der Waals surface area contributed by atoms with E-state index in [2.05, 4.69) is 5.32 Å². The van der Waals surface area contributed by atoms with Crippen LogP contribution >= 0.6 is 11.6 Å². The first-order valence-electron chi connectivity index (χ1n) is 8.99. The molecule has 1 aliphatic carbocycles. The maximum absolute atomic E-state index is 12.3. The van der Waals surface area contributed by atoms with E-state index < -0.39 is 11.5 Å². The summed E-state index contributed by atoms with van der Waals surface area (Å²) in [5, 5.41) is 12.8. The Kier molecular flexibility index (Phi) is 6.17. The van der Waals surface area contributed by atoms with E-state index >= 15 is 0 Å². The zero-order valence-corrected chi connectivity index (χ0v) is 17.1. The van der Waals surface area contributed by atoms with Crippen molar-refractivity contribution >= 4 is 17.5 Å². The highest BCUT2D eigenvalue weighted by atomic mass is 35.5. The van der Waals surface area contributed by atoms with Gasteiger partial charge in [-0.3, -0.25) is 9.59 Å². The number of methoxy groups -OCH3 is 3. The van der Waals surface area contributed by atoms with E-state index in [1.807, 2.05) is 6.07 Å². The number of aryl methyl sites for hydroxylation is 1. The molecule has 2 aromatic carbocycles. The molecule has 154 valence electrons. The van der Waals surface area contributed by atoms with E-state index in [0.717, 1.165) is 11.1 Å². The summed E-state index contributed by atoms with van der Waals surface area (Å²) < 4.78 is 16.6. The number of benzene rings is 1. The molecule has 0 fully saturated rings. The van der Waals surface area contributed by atoms with Gasteiger partial charge in [-0.15, -0.1) is 11.6 Å². The minimum Gasteiger partial charge on any atom is -0.504 e. The molecule has 0 bridgehead atoms. The van der Waals surface area contributed by atoms with Crippen LogP contribution in [0.4, 0.5) is 0 Å². The Morgan fingerprint density at radius 2 is 1.90 bits per heavy atom. The largest absolute Gasteiger partial charge is 0.504 e. The Hall–Kier alpha value is -2.93. The Balaban J connectivity index is 2.37. The number of halogens is 1. The van der Waals surface area contributed by atoms with Gasteiger partial charge in [0, 0.05) is 5.56 Å². The number of fused-ring (bicyclic) bond motifs is 3. The number of aromatic hydroxyl groups is 1. The fourth-order valence-corrected chi connectivity index (χ4v) is 3.76. The predicted molar refractivity (Wildman–Crippen MR) is 109 cm³/mol. The van der Waals surface area contributed by atoms with Gasteiger partial charge in [0.1, 0.15) is 5.88 Å². The first kappa shape index (κ1) is 20.8. The number of carbonyl (C=O) groups is 1. The third-order valence-corrected chi connectivity index (χ3v) is 5.22. The number of rotatable bonds is 5. The lowest BCUT2D eigenvalue weighted by atomic mass is 9.95. The number of nitrogens with one attached hydrogen (secondary N) is 1. The molecule has 0 aromatic heterocycles. The van der Waals surface area contributed by atoms with Crippen molar-refractivity contribution in [2.45, 2.75) is 18.9 Å². The van der Waals surface area contributed by atoms with Crippen LogP contribution in [0.15, 0.2) is 29.1 Å². The van der Waals surface area contributed by atoms with Gasteiger partial charge in [0.2, 0.25) is 17.1 Å². The zero-order valence-electron chi connectivity index (χ0n) is 16.4. The van der Waals surface area contributed by atoms with Crippen molar-refractivity contribution in [1.82, 2.24) is 5.32 Å². The van der Waals surface area contributed by atoms with Gasteiger partial charge in [0.05, 0.1) is 27.4 Å². The van der Waals surface area contributed by atoms with Gasteiger partial charge in [0.25, 0.3) is 0 Å². The zero-order chi connectivity index (χ0) is 21.1. The smallest absolute Gasteiger partial charge is 0.235 e. The Bertz CT molecular complexity index is 1010. The SMILES string of the molecule is COc1cc2c(c(OC)c1OC)-c1ccc(O)c(=O)cc1[C@@H](NC(=O)CCl)CC2. The highest BCUT2D eigenvalue weighted by Crippen LogP contribution is 2.50. The van der Waals surface area contributed by atoms with Crippen molar-refractivity contribution in [2.75, 3.05) is 27.2 Å². The summed E-state index contributed by atoms with van der Waals surface area (Å²) in [7, 11) is 4.58. The summed E-state index contributed by atoms with van der Waals surface area (Å²) in [5.41, 5.74) is 2.30. The third kappa shape index (κ3) is 3.82. The molecule has 3 rings (SSSR count). The van der Waals surface area contributed by atoms with Crippen LogP contribution in [0, 0.1) is 0 Å². The van der Waals surface area contributed by atoms with Crippen molar-refractivity contribution in [3.63, 3.8) is 0 Å². The Labute approximate surface area is 173 Å². The standard InChI is InChI=1S/C21H22ClNO6/c1-27-17-8-11-4-6-14(23-18(26)10-22)13-9-16(25)15(24)7-5-12(13)19(11)21(29-3)20(17)28-2/h5,7-9,14H,4,6,10H2,1-3H3,(H,23,26)(H,24,25)/t14-/m0/s1. The quantitative estimate of drug-likeness (QED) is 0.724. The van der Waals surface area contributed by atoms with Crippen molar-refractivity contribution < 1.29 is 24.1 Å². The highest BCUT2D eigenvalue weighted by molar-refractivity contribution is 6.27. The molecule has 0 radical (unpaired) electrons. The maximum Gasteiger partial charge on any atom is 0.235 e. The molecule has 7 nitrogen and oxygen atoms in total. The van der Waals surface area contributed by atoms with E-state index in [1.165, 1.54) is 26.4 Å². The number of hydrogen-bond acceptors (Lipinski definition) is 6. The molecule has 0 heterocycles. The molecule has 2 aromatic rings. The fourth-order valence-electron chi connectivity index (χ4n) is 3.69. The van der Waals surface area contributed by atoms with E-state index in [1.54, 1.807) is 13.2 Å². The number of alkyl halides is 1. The summed E-state index contributed by atoms with van der Waals surface area (Å²) in [4.78, 5) is 24.3. The molecular weight excluding hydrogens is 398 g/mol. The second-order valence-corrected chi connectivity index (χ2v) is 6.84. The molecule has 0 unspecified atom stereocenters. The normalized spacial score (nSPS) is 14.8. The lowest BCUT2D eigenvalue weighted by Gasteiger charge is -2.19. The molecule has 1 atom stereocenters. The van der Waals surface area contributed by atoms with Crippen molar-refractivity contribution in [1.29, 1.82) is 0 Å². The average molecular weight is 420 g/mol. The number of ether oxygens (including phenoxy) is 3. The second kappa shape index (κ2) is 8.61. The molecule has 29 heavy (non-hydrogen) atoms. The van der Waals surface area contributed by atoms with Crippen LogP contribution in [0.5, 0.6) is 23.0 Å². The lowest BCUT2D eigenvalue weighted by molar-refractivity contribution is -0.119. The predicted octanol–water partition coefficient (Wildman–Crippen LogP) is 2.79. The number of carbonyl (C=O) groups excluding carboxylic acids is 1. The van der Waals surface area contributed by atoms with Gasteiger partial charge >= 0.3 is 0 Å².